The highest BCUT2D eigenvalue weighted by atomic mass is 32.1. The van der Waals surface area contributed by atoms with E-state index < -0.39 is 8.07 Å². The summed E-state index contributed by atoms with van der Waals surface area (Å²) in [5.41, 5.74) is 13.0. The molecule has 2 nitrogen and oxygen atoms in total. The molecule has 3 aromatic heterocycles. The van der Waals surface area contributed by atoms with E-state index >= 15 is 0 Å². The van der Waals surface area contributed by atoms with Crippen LogP contribution in [-0.2, 0) is 0 Å². The van der Waals surface area contributed by atoms with Gasteiger partial charge in [0.15, 0.2) is 0 Å². The van der Waals surface area contributed by atoms with Crippen LogP contribution in [0.15, 0.2) is 192 Å². The number of para-hydroxylation sites is 2. The molecule has 0 amide bonds. The highest BCUT2D eigenvalue weighted by Gasteiger charge is 2.38. The number of thiophene rings is 1. The Morgan fingerprint density at radius 2 is 1.15 bits per heavy atom. The van der Waals surface area contributed by atoms with Gasteiger partial charge in [-0.25, -0.2) is 0 Å². The van der Waals surface area contributed by atoms with Crippen LogP contribution in [0, 0.1) is 0 Å². The Labute approximate surface area is 362 Å². The Balaban J connectivity index is 0.898. The maximum Gasteiger partial charge on any atom is 0.143 e. The maximum atomic E-state index is 6.74. The van der Waals surface area contributed by atoms with Crippen LogP contribution in [0.2, 0.25) is 13.1 Å². The lowest BCUT2D eigenvalue weighted by Crippen LogP contribution is -2.49. The largest absolute Gasteiger partial charge is 0.455 e. The van der Waals surface area contributed by atoms with Gasteiger partial charge in [-0.15, -0.1) is 11.3 Å². The van der Waals surface area contributed by atoms with Gasteiger partial charge in [-0.05, 0) is 115 Å². The molecule has 1 aliphatic rings. The summed E-state index contributed by atoms with van der Waals surface area (Å²) in [6, 6.07) is 70.1. The standard InChI is InChI=1S/C58H37NOSSi/c1-62(2)55-20-8-5-13-42(55)47-26-22-37-29-34-21-25-39(30-38(34)33-48(37)58(47)62)59-51-18-6-3-11-40(51)49-31-35(23-27-52(49)59)36-24-28-53-50(32-36)44-15-9-14-43(56(44)60-53)46-17-10-16-45-41-12-4-7-19-54(41)61-57(45)46/h3-33H,1-2H3. The lowest BCUT2D eigenvalue weighted by atomic mass is 9.98. The van der Waals surface area contributed by atoms with Crippen molar-refractivity contribution < 1.29 is 4.42 Å². The van der Waals surface area contributed by atoms with Gasteiger partial charge in [0.05, 0.1) is 11.0 Å². The topological polar surface area (TPSA) is 18.1 Å². The third kappa shape index (κ3) is 4.68. The van der Waals surface area contributed by atoms with Crippen molar-refractivity contribution in [1.29, 1.82) is 0 Å². The van der Waals surface area contributed by atoms with E-state index in [0.29, 0.717) is 0 Å². The van der Waals surface area contributed by atoms with Crippen LogP contribution >= 0.6 is 11.3 Å². The second-order valence-electron chi connectivity index (χ2n) is 17.6. The molecule has 14 rings (SSSR count). The molecule has 0 radical (unpaired) electrons. The molecule has 1 aliphatic heterocycles. The molecule has 0 fully saturated rings. The number of hydrogen-bond donors (Lipinski definition) is 0. The number of rotatable bonds is 3. The lowest BCUT2D eigenvalue weighted by Gasteiger charge is -2.21. The van der Waals surface area contributed by atoms with Crippen molar-refractivity contribution in [1.82, 2.24) is 4.57 Å². The van der Waals surface area contributed by atoms with Crippen LogP contribution in [0.3, 0.4) is 0 Å². The molecular weight excluding hydrogens is 787 g/mol. The normalized spacial score (nSPS) is 13.5. The summed E-state index contributed by atoms with van der Waals surface area (Å²) < 4.78 is 11.8. The molecule has 0 atom stereocenters. The average molecular weight is 824 g/mol. The molecule has 4 heteroatoms. The Kier molecular flexibility index (Phi) is 6.90. The molecule has 0 saturated carbocycles. The molecule has 10 aromatic carbocycles. The van der Waals surface area contributed by atoms with Crippen molar-refractivity contribution in [3.63, 3.8) is 0 Å². The molecule has 0 aliphatic carbocycles. The zero-order valence-electron chi connectivity index (χ0n) is 34.2. The van der Waals surface area contributed by atoms with Crippen molar-refractivity contribution in [2.75, 3.05) is 0 Å². The zero-order chi connectivity index (χ0) is 40.8. The highest BCUT2D eigenvalue weighted by molar-refractivity contribution is 7.26. The predicted octanol–water partition coefficient (Wildman–Crippen LogP) is 15.5. The van der Waals surface area contributed by atoms with Crippen molar-refractivity contribution >= 4 is 115 Å². The fraction of sp³-hybridized carbons (Fsp3) is 0.0345. The van der Waals surface area contributed by atoms with Crippen molar-refractivity contribution in [3.05, 3.63) is 188 Å². The second-order valence-corrected chi connectivity index (χ2v) is 23.0. The number of furan rings is 1. The molecule has 62 heavy (non-hydrogen) atoms. The van der Waals surface area contributed by atoms with Crippen LogP contribution in [-0.4, -0.2) is 12.6 Å². The van der Waals surface area contributed by atoms with E-state index in [1.54, 1.807) is 10.4 Å². The summed E-state index contributed by atoms with van der Waals surface area (Å²) in [6.45, 7) is 5.04. The Morgan fingerprint density at radius 1 is 0.435 bits per heavy atom. The first-order chi connectivity index (χ1) is 30.5. The smallest absolute Gasteiger partial charge is 0.143 e. The quantitative estimate of drug-likeness (QED) is 0.128. The van der Waals surface area contributed by atoms with Gasteiger partial charge in [0.25, 0.3) is 0 Å². The third-order valence-corrected chi connectivity index (χ3v) is 18.7. The molecular formula is C58H37NOSSi. The Morgan fingerprint density at radius 3 is 2.06 bits per heavy atom. The van der Waals surface area contributed by atoms with E-state index in [2.05, 4.69) is 206 Å². The van der Waals surface area contributed by atoms with Crippen LogP contribution in [0.25, 0.3) is 125 Å². The first-order valence-corrected chi connectivity index (χ1v) is 25.3. The monoisotopic (exact) mass is 823 g/mol. The first kappa shape index (κ1) is 34.5. The van der Waals surface area contributed by atoms with E-state index in [1.165, 1.54) is 97.0 Å². The third-order valence-electron chi connectivity index (χ3n) is 13.9. The first-order valence-electron chi connectivity index (χ1n) is 21.5. The lowest BCUT2D eigenvalue weighted by molar-refractivity contribution is 0.670. The second kappa shape index (κ2) is 12.4. The summed E-state index contributed by atoms with van der Waals surface area (Å²) in [5, 5.41) is 15.8. The van der Waals surface area contributed by atoms with Crippen LogP contribution in [0.5, 0.6) is 0 Å². The fourth-order valence-corrected chi connectivity index (χ4v) is 15.8. The minimum absolute atomic E-state index is 0.905. The van der Waals surface area contributed by atoms with Crippen LogP contribution in [0.4, 0.5) is 0 Å². The Hall–Kier alpha value is -7.24. The van der Waals surface area contributed by atoms with E-state index in [9.17, 15) is 0 Å². The van der Waals surface area contributed by atoms with Crippen LogP contribution < -0.4 is 10.4 Å². The van der Waals surface area contributed by atoms with Crippen LogP contribution in [0.1, 0.15) is 0 Å². The van der Waals surface area contributed by atoms with Gasteiger partial charge in [0.1, 0.15) is 19.2 Å². The minimum Gasteiger partial charge on any atom is -0.455 e. The van der Waals surface area contributed by atoms with Gasteiger partial charge in [0, 0.05) is 58.5 Å². The van der Waals surface area contributed by atoms with Crippen molar-refractivity contribution in [2.45, 2.75) is 13.1 Å². The molecule has 4 heterocycles. The number of hydrogen-bond acceptors (Lipinski definition) is 2. The van der Waals surface area contributed by atoms with Crippen molar-refractivity contribution in [3.8, 4) is 39.1 Å². The molecule has 0 saturated heterocycles. The maximum absolute atomic E-state index is 6.74. The molecule has 0 N–H and O–H groups in total. The molecule has 0 bridgehead atoms. The van der Waals surface area contributed by atoms with Gasteiger partial charge in [-0.2, -0.15) is 0 Å². The van der Waals surface area contributed by atoms with Gasteiger partial charge in [0.2, 0.25) is 0 Å². The highest BCUT2D eigenvalue weighted by Crippen LogP contribution is 2.45. The summed E-state index contributed by atoms with van der Waals surface area (Å²) in [6.07, 6.45) is 0. The Bertz CT molecular complexity index is 4090. The number of aromatic nitrogens is 1. The van der Waals surface area contributed by atoms with Crippen molar-refractivity contribution in [2.24, 2.45) is 0 Å². The molecule has 0 unspecified atom stereocenters. The zero-order valence-corrected chi connectivity index (χ0v) is 36.0. The predicted molar refractivity (Wildman–Crippen MR) is 269 cm³/mol. The van der Waals surface area contributed by atoms with Gasteiger partial charge in [-0.3, -0.25) is 0 Å². The summed E-state index contributed by atoms with van der Waals surface area (Å²) in [5.74, 6) is 0. The van der Waals surface area contributed by atoms with E-state index in [-0.39, 0.29) is 0 Å². The van der Waals surface area contributed by atoms with E-state index in [4.69, 9.17) is 4.42 Å². The van der Waals surface area contributed by atoms with Gasteiger partial charge >= 0.3 is 0 Å². The van der Waals surface area contributed by atoms with E-state index in [1.807, 2.05) is 11.3 Å². The summed E-state index contributed by atoms with van der Waals surface area (Å²) in [7, 11) is -1.87. The number of fused-ring (bicyclic) bond motifs is 15. The molecule has 13 aromatic rings. The van der Waals surface area contributed by atoms with Gasteiger partial charge < -0.3 is 8.98 Å². The SMILES string of the molecule is C[Si]1(C)c2ccccc2-c2ccc3cc4ccc(-n5c6ccccc6c6cc(-c7ccc8oc9c(-c%10cccc%11c%10sc%10ccccc%10%11)cccc9c8c7)ccc65)cc4cc3c21. The molecule has 0 spiro atoms. The number of nitrogens with zero attached hydrogens (tertiary/aromatic N) is 1. The summed E-state index contributed by atoms with van der Waals surface area (Å²) >= 11 is 1.86. The summed E-state index contributed by atoms with van der Waals surface area (Å²) in [4.78, 5) is 0. The van der Waals surface area contributed by atoms with E-state index in [0.717, 1.165) is 27.5 Å². The fourth-order valence-electron chi connectivity index (χ4n) is 11.1. The minimum atomic E-state index is -1.87. The molecule has 290 valence electrons. The van der Waals surface area contributed by atoms with Gasteiger partial charge in [-0.1, -0.05) is 140 Å². The number of benzene rings is 10. The average Bonchev–Trinajstić information content (AvgIpc) is 4.04.